The van der Waals surface area contributed by atoms with Gasteiger partial charge in [-0.15, -0.1) is 0 Å². The Hall–Kier alpha value is -3.51. The topological polar surface area (TPSA) is 59.1 Å². The number of halogens is 1. The van der Waals surface area contributed by atoms with E-state index in [2.05, 4.69) is 12.1 Å². The van der Waals surface area contributed by atoms with E-state index in [-0.39, 0.29) is 31.1 Å². The van der Waals surface area contributed by atoms with E-state index in [1.807, 2.05) is 48.3 Å². The first kappa shape index (κ1) is 27.5. The highest BCUT2D eigenvalue weighted by Crippen LogP contribution is 2.23. The first-order valence-corrected chi connectivity index (χ1v) is 13.6. The van der Waals surface area contributed by atoms with Crippen LogP contribution in [0.25, 0.3) is 0 Å². The molecule has 38 heavy (non-hydrogen) atoms. The molecule has 1 aliphatic rings. The van der Waals surface area contributed by atoms with Crippen molar-refractivity contribution in [3.8, 4) is 11.5 Å². The number of rotatable bonds is 5. The number of para-hydroxylation sites is 1. The Morgan fingerprint density at radius 2 is 1.61 bits per heavy atom. The van der Waals surface area contributed by atoms with Crippen LogP contribution in [0.15, 0.2) is 78.9 Å². The maximum Gasteiger partial charge on any atom is 0.260 e. The average Bonchev–Trinajstić information content (AvgIpc) is 2.94. The minimum Gasteiger partial charge on any atom is -0.491 e. The zero-order chi connectivity index (χ0) is 26.7. The maximum absolute atomic E-state index is 13.6. The summed E-state index contributed by atoms with van der Waals surface area (Å²) in [6.07, 6.45) is 4.36. The van der Waals surface area contributed by atoms with Crippen LogP contribution in [0.5, 0.6) is 11.5 Å². The molecule has 3 aromatic rings. The van der Waals surface area contributed by atoms with Gasteiger partial charge in [-0.1, -0.05) is 66.9 Å². The molecule has 0 bridgehead atoms. The fraction of sp³-hybridized carbons (Fsp3) is 0.355. The SMILES string of the molecule is CN1CCCCCCN(C(=O)COc2ccc(Cl)cc2)[C@@H](Cc2ccccc2)COc2ccccc2C1=O. The van der Waals surface area contributed by atoms with Gasteiger partial charge < -0.3 is 19.3 Å². The lowest BCUT2D eigenvalue weighted by Gasteiger charge is -2.33. The van der Waals surface area contributed by atoms with Crippen LogP contribution in [0.2, 0.25) is 5.02 Å². The Bertz CT molecular complexity index is 1190. The summed E-state index contributed by atoms with van der Waals surface area (Å²) >= 11 is 5.99. The number of ether oxygens (including phenoxy) is 2. The lowest BCUT2D eigenvalue weighted by molar-refractivity contribution is -0.136. The molecule has 0 aromatic heterocycles. The molecule has 1 heterocycles. The number of hydrogen-bond donors (Lipinski definition) is 0. The van der Waals surface area contributed by atoms with Crippen molar-refractivity contribution >= 4 is 23.4 Å². The molecule has 3 aromatic carbocycles. The monoisotopic (exact) mass is 534 g/mol. The van der Waals surface area contributed by atoms with Crippen molar-refractivity contribution in [2.45, 2.75) is 38.1 Å². The lowest BCUT2D eigenvalue weighted by atomic mass is 10.0. The molecule has 0 unspecified atom stereocenters. The highest BCUT2D eigenvalue weighted by molar-refractivity contribution is 6.30. The second kappa shape index (κ2) is 13.9. The van der Waals surface area contributed by atoms with E-state index in [1.165, 1.54) is 0 Å². The summed E-state index contributed by atoms with van der Waals surface area (Å²) in [5.74, 6) is 0.976. The van der Waals surface area contributed by atoms with Crippen molar-refractivity contribution in [2.75, 3.05) is 33.4 Å². The Balaban J connectivity index is 1.59. The summed E-state index contributed by atoms with van der Waals surface area (Å²) in [4.78, 5) is 30.4. The van der Waals surface area contributed by atoms with Gasteiger partial charge in [0.2, 0.25) is 0 Å². The molecule has 0 spiro atoms. The first-order chi connectivity index (χ1) is 18.5. The molecule has 0 saturated carbocycles. The number of nitrogens with zero attached hydrogens (tertiary/aromatic N) is 2. The summed E-state index contributed by atoms with van der Waals surface area (Å²) in [6.45, 7) is 1.48. The summed E-state index contributed by atoms with van der Waals surface area (Å²) in [5, 5.41) is 0.614. The standard InChI is InChI=1S/C31H35ClN2O4/c1-33-19-9-2-3-10-20-34(30(35)23-37-27-17-15-25(32)16-18-27)26(21-24-11-5-4-6-12-24)22-38-29-14-8-7-13-28(29)31(33)36/h4-8,11-18,26H,2-3,9-10,19-23H2,1H3/t26-/m0/s1. The number of hydrogen-bond acceptors (Lipinski definition) is 4. The third-order valence-electron chi connectivity index (χ3n) is 6.79. The Labute approximate surface area is 230 Å². The number of fused-ring (bicyclic) bond motifs is 1. The first-order valence-electron chi connectivity index (χ1n) is 13.2. The van der Waals surface area contributed by atoms with Crippen LogP contribution in [-0.2, 0) is 11.2 Å². The largest absolute Gasteiger partial charge is 0.491 e. The van der Waals surface area contributed by atoms with Crippen LogP contribution >= 0.6 is 11.6 Å². The van der Waals surface area contributed by atoms with Gasteiger partial charge in [0.05, 0.1) is 11.6 Å². The highest BCUT2D eigenvalue weighted by atomic mass is 35.5. The summed E-state index contributed by atoms with van der Waals surface area (Å²) < 4.78 is 12.1. The second-order valence-electron chi connectivity index (χ2n) is 9.62. The van der Waals surface area contributed by atoms with Gasteiger partial charge in [-0.3, -0.25) is 9.59 Å². The average molecular weight is 535 g/mol. The van der Waals surface area contributed by atoms with E-state index in [9.17, 15) is 9.59 Å². The van der Waals surface area contributed by atoms with Crippen LogP contribution in [0.1, 0.15) is 41.6 Å². The minimum atomic E-state index is -0.234. The molecule has 4 rings (SSSR count). The maximum atomic E-state index is 13.6. The Morgan fingerprint density at radius 1 is 0.921 bits per heavy atom. The molecule has 200 valence electrons. The number of carbonyl (C=O) groups excluding carboxylic acids is 2. The van der Waals surface area contributed by atoms with Crippen LogP contribution in [-0.4, -0.2) is 61.0 Å². The van der Waals surface area contributed by atoms with E-state index in [1.54, 1.807) is 35.2 Å². The van der Waals surface area contributed by atoms with Gasteiger partial charge in [0, 0.05) is 25.2 Å². The summed E-state index contributed by atoms with van der Waals surface area (Å²) in [6, 6.07) is 24.2. The van der Waals surface area contributed by atoms with Gasteiger partial charge in [0.1, 0.15) is 18.1 Å². The third kappa shape index (κ3) is 7.75. The van der Waals surface area contributed by atoms with Crippen molar-refractivity contribution in [3.05, 3.63) is 95.0 Å². The van der Waals surface area contributed by atoms with Crippen molar-refractivity contribution in [1.29, 1.82) is 0 Å². The van der Waals surface area contributed by atoms with Gasteiger partial charge in [-0.25, -0.2) is 0 Å². The zero-order valence-electron chi connectivity index (χ0n) is 21.9. The molecular weight excluding hydrogens is 500 g/mol. The molecule has 0 N–H and O–H groups in total. The minimum absolute atomic E-state index is 0.0541. The van der Waals surface area contributed by atoms with Crippen LogP contribution in [0, 0.1) is 0 Å². The fourth-order valence-electron chi connectivity index (χ4n) is 4.66. The van der Waals surface area contributed by atoms with E-state index < -0.39 is 0 Å². The molecule has 1 aliphatic heterocycles. The number of carbonyl (C=O) groups is 2. The van der Waals surface area contributed by atoms with Crippen molar-refractivity contribution in [2.24, 2.45) is 0 Å². The molecule has 0 radical (unpaired) electrons. The summed E-state index contributed by atoms with van der Waals surface area (Å²) in [5.41, 5.74) is 1.65. The van der Waals surface area contributed by atoms with E-state index in [4.69, 9.17) is 21.1 Å². The smallest absolute Gasteiger partial charge is 0.260 e. The van der Waals surface area contributed by atoms with E-state index >= 15 is 0 Å². The molecule has 0 saturated heterocycles. The van der Waals surface area contributed by atoms with Gasteiger partial charge in [-0.2, -0.15) is 0 Å². The molecular formula is C31H35ClN2O4. The second-order valence-corrected chi connectivity index (χ2v) is 10.1. The van der Waals surface area contributed by atoms with Gasteiger partial charge in [0.25, 0.3) is 11.8 Å². The van der Waals surface area contributed by atoms with Gasteiger partial charge in [0.15, 0.2) is 6.61 Å². The molecule has 7 heteroatoms. The fourth-order valence-corrected chi connectivity index (χ4v) is 4.79. The molecule has 0 aliphatic carbocycles. The van der Waals surface area contributed by atoms with Crippen molar-refractivity contribution in [3.63, 3.8) is 0 Å². The van der Waals surface area contributed by atoms with E-state index in [0.717, 1.165) is 31.2 Å². The molecule has 6 nitrogen and oxygen atoms in total. The van der Waals surface area contributed by atoms with Gasteiger partial charge >= 0.3 is 0 Å². The Morgan fingerprint density at radius 3 is 2.37 bits per heavy atom. The van der Waals surface area contributed by atoms with Crippen molar-refractivity contribution in [1.82, 2.24) is 9.80 Å². The summed E-state index contributed by atoms with van der Waals surface area (Å²) in [7, 11) is 1.84. The van der Waals surface area contributed by atoms with Crippen molar-refractivity contribution < 1.29 is 19.1 Å². The lowest BCUT2D eigenvalue weighted by Crippen LogP contribution is -2.47. The quantitative estimate of drug-likeness (QED) is 0.410. The number of amides is 2. The molecule has 2 amide bonds. The normalized spacial score (nSPS) is 17.2. The molecule has 1 atom stereocenters. The molecule has 0 fully saturated rings. The predicted molar refractivity (Wildman–Crippen MR) is 150 cm³/mol. The Kier molecular flexibility index (Phi) is 10.0. The van der Waals surface area contributed by atoms with Gasteiger partial charge in [-0.05, 0) is 61.2 Å². The van der Waals surface area contributed by atoms with Crippen LogP contribution < -0.4 is 9.47 Å². The van der Waals surface area contributed by atoms with E-state index in [0.29, 0.717) is 41.6 Å². The van der Waals surface area contributed by atoms with Crippen LogP contribution in [0.4, 0.5) is 0 Å². The van der Waals surface area contributed by atoms with Crippen LogP contribution in [0.3, 0.4) is 0 Å². The zero-order valence-corrected chi connectivity index (χ0v) is 22.6. The highest BCUT2D eigenvalue weighted by Gasteiger charge is 2.26. The predicted octanol–water partition coefficient (Wildman–Crippen LogP) is 5.88. The number of benzene rings is 3. The third-order valence-corrected chi connectivity index (χ3v) is 7.04.